The highest BCUT2D eigenvalue weighted by Crippen LogP contribution is 2.24. The zero-order chi connectivity index (χ0) is 19.1. The molecule has 2 N–H and O–H groups in total. The molecular formula is C21H27N5O. The zero-order valence-corrected chi connectivity index (χ0v) is 16.2. The average molecular weight is 365 g/mol. The van der Waals surface area contributed by atoms with Gasteiger partial charge in [-0.1, -0.05) is 12.1 Å². The molecule has 0 aliphatic heterocycles. The van der Waals surface area contributed by atoms with Crippen molar-refractivity contribution in [3.05, 3.63) is 48.5 Å². The van der Waals surface area contributed by atoms with Gasteiger partial charge in [0.1, 0.15) is 5.82 Å². The van der Waals surface area contributed by atoms with Crippen molar-refractivity contribution in [2.24, 2.45) is 0 Å². The van der Waals surface area contributed by atoms with E-state index in [1.54, 1.807) is 7.11 Å². The monoisotopic (exact) mass is 365 g/mol. The van der Waals surface area contributed by atoms with Gasteiger partial charge in [0.05, 0.1) is 12.1 Å². The predicted octanol–water partition coefficient (Wildman–Crippen LogP) is 4.28. The van der Waals surface area contributed by atoms with Crippen LogP contribution in [0.15, 0.2) is 48.5 Å². The minimum atomic E-state index is 0.573. The maximum atomic E-state index is 5.12. The number of ether oxygens (including phenoxy) is 1. The first-order chi connectivity index (χ1) is 13.2. The molecule has 0 radical (unpaired) electrons. The quantitative estimate of drug-likeness (QED) is 0.552. The van der Waals surface area contributed by atoms with E-state index < -0.39 is 0 Å². The van der Waals surface area contributed by atoms with E-state index in [1.807, 2.05) is 24.3 Å². The van der Waals surface area contributed by atoms with Crippen LogP contribution in [-0.2, 0) is 4.74 Å². The Morgan fingerprint density at radius 2 is 1.70 bits per heavy atom. The molecule has 1 heterocycles. The highest BCUT2D eigenvalue weighted by Gasteiger charge is 2.08. The molecule has 0 saturated heterocycles. The Morgan fingerprint density at radius 1 is 0.963 bits per heavy atom. The van der Waals surface area contributed by atoms with Crippen LogP contribution in [0, 0.1) is 0 Å². The molecule has 6 nitrogen and oxygen atoms in total. The third-order valence-corrected chi connectivity index (χ3v) is 4.45. The highest BCUT2D eigenvalue weighted by molar-refractivity contribution is 5.90. The largest absolute Gasteiger partial charge is 0.383 e. The Kier molecular flexibility index (Phi) is 6.44. The summed E-state index contributed by atoms with van der Waals surface area (Å²) < 4.78 is 5.12. The number of hydrogen-bond acceptors (Lipinski definition) is 6. The lowest BCUT2D eigenvalue weighted by molar-refractivity contribution is 0.210. The Bertz CT molecular complexity index is 862. The Hall–Kier alpha value is -2.86. The maximum Gasteiger partial charge on any atom is 0.229 e. The van der Waals surface area contributed by atoms with Gasteiger partial charge in [-0.15, -0.1) is 0 Å². The second kappa shape index (κ2) is 9.19. The van der Waals surface area contributed by atoms with E-state index in [1.165, 1.54) is 5.69 Å². The highest BCUT2D eigenvalue weighted by atomic mass is 16.5. The van der Waals surface area contributed by atoms with E-state index in [-0.39, 0.29) is 0 Å². The van der Waals surface area contributed by atoms with Crippen LogP contribution in [0.3, 0.4) is 0 Å². The van der Waals surface area contributed by atoms with E-state index in [9.17, 15) is 0 Å². The topological polar surface area (TPSA) is 62.3 Å². The summed E-state index contributed by atoms with van der Waals surface area (Å²) in [5.74, 6) is 1.38. The number of hydrogen-bond donors (Lipinski definition) is 2. The van der Waals surface area contributed by atoms with Crippen molar-refractivity contribution in [1.29, 1.82) is 0 Å². The van der Waals surface area contributed by atoms with Gasteiger partial charge < -0.3 is 20.3 Å². The Morgan fingerprint density at radius 3 is 2.41 bits per heavy atom. The normalized spacial score (nSPS) is 10.8. The number of nitrogens with zero attached hydrogens (tertiary/aromatic N) is 3. The van der Waals surface area contributed by atoms with Gasteiger partial charge in [-0.2, -0.15) is 4.98 Å². The summed E-state index contributed by atoms with van der Waals surface area (Å²) in [6.07, 6.45) is 0. The molecule has 0 saturated carbocycles. The van der Waals surface area contributed by atoms with E-state index in [0.717, 1.165) is 35.5 Å². The van der Waals surface area contributed by atoms with E-state index in [2.05, 4.69) is 63.6 Å². The number of rotatable bonds is 9. The van der Waals surface area contributed by atoms with E-state index >= 15 is 0 Å². The zero-order valence-electron chi connectivity index (χ0n) is 16.2. The summed E-state index contributed by atoms with van der Waals surface area (Å²) in [4.78, 5) is 11.6. The molecule has 3 rings (SSSR count). The van der Waals surface area contributed by atoms with Crippen LogP contribution in [-0.4, -0.2) is 43.3 Å². The number of benzene rings is 2. The Balaban J connectivity index is 1.83. The molecule has 142 valence electrons. The fraction of sp³-hybridized carbons (Fsp3) is 0.333. The summed E-state index contributed by atoms with van der Waals surface area (Å²) in [6.45, 7) is 7.62. The number of anilines is 4. The molecular weight excluding hydrogens is 338 g/mol. The number of aromatic nitrogens is 2. The van der Waals surface area contributed by atoms with Crippen LogP contribution in [0.4, 0.5) is 23.1 Å². The second-order valence-corrected chi connectivity index (χ2v) is 6.18. The lowest BCUT2D eigenvalue weighted by atomic mass is 10.2. The second-order valence-electron chi connectivity index (χ2n) is 6.18. The van der Waals surface area contributed by atoms with Crippen LogP contribution in [0.1, 0.15) is 13.8 Å². The lowest BCUT2D eigenvalue weighted by Gasteiger charge is -2.21. The molecule has 0 spiro atoms. The van der Waals surface area contributed by atoms with Crippen molar-refractivity contribution in [1.82, 2.24) is 9.97 Å². The van der Waals surface area contributed by atoms with E-state index in [4.69, 9.17) is 4.74 Å². The minimum absolute atomic E-state index is 0.573. The summed E-state index contributed by atoms with van der Waals surface area (Å²) in [7, 11) is 1.69. The molecule has 1 aromatic heterocycles. The number of fused-ring (bicyclic) bond motifs is 1. The third kappa shape index (κ3) is 4.65. The molecule has 2 aromatic carbocycles. The van der Waals surface area contributed by atoms with Crippen molar-refractivity contribution in [3.63, 3.8) is 0 Å². The van der Waals surface area contributed by atoms with Crippen molar-refractivity contribution < 1.29 is 4.74 Å². The maximum absolute atomic E-state index is 5.12. The molecule has 3 aromatic rings. The van der Waals surface area contributed by atoms with Crippen molar-refractivity contribution in [2.75, 3.05) is 48.9 Å². The molecule has 0 aliphatic rings. The van der Waals surface area contributed by atoms with Gasteiger partial charge in [0.2, 0.25) is 5.95 Å². The molecule has 0 aliphatic carbocycles. The van der Waals surface area contributed by atoms with Gasteiger partial charge in [0, 0.05) is 43.5 Å². The summed E-state index contributed by atoms with van der Waals surface area (Å²) in [6, 6.07) is 16.3. The molecule has 6 heteroatoms. The van der Waals surface area contributed by atoms with E-state index in [0.29, 0.717) is 19.1 Å². The molecule has 0 amide bonds. The fourth-order valence-corrected chi connectivity index (χ4v) is 3.01. The Labute approximate surface area is 160 Å². The molecule has 27 heavy (non-hydrogen) atoms. The fourth-order valence-electron chi connectivity index (χ4n) is 3.01. The molecule has 0 bridgehead atoms. The van der Waals surface area contributed by atoms with Gasteiger partial charge in [0.25, 0.3) is 0 Å². The molecule has 0 unspecified atom stereocenters. The SMILES string of the molecule is CCN(CC)c1ccc(Nc2nc(NCCOC)c3ccccc3n2)cc1. The molecule has 0 atom stereocenters. The minimum Gasteiger partial charge on any atom is -0.383 e. The van der Waals surface area contributed by atoms with Crippen molar-refractivity contribution in [3.8, 4) is 0 Å². The number of para-hydroxylation sites is 1. The van der Waals surface area contributed by atoms with Crippen LogP contribution in [0.5, 0.6) is 0 Å². The van der Waals surface area contributed by atoms with Crippen LogP contribution in [0.25, 0.3) is 10.9 Å². The third-order valence-electron chi connectivity index (χ3n) is 4.45. The first-order valence-corrected chi connectivity index (χ1v) is 9.36. The predicted molar refractivity (Wildman–Crippen MR) is 113 cm³/mol. The van der Waals surface area contributed by atoms with Gasteiger partial charge in [-0.05, 0) is 50.2 Å². The lowest BCUT2D eigenvalue weighted by Crippen LogP contribution is -2.21. The van der Waals surface area contributed by atoms with Gasteiger partial charge >= 0.3 is 0 Å². The van der Waals surface area contributed by atoms with Crippen LogP contribution < -0.4 is 15.5 Å². The number of nitrogens with one attached hydrogen (secondary N) is 2. The van der Waals surface area contributed by atoms with Crippen molar-refractivity contribution in [2.45, 2.75) is 13.8 Å². The first-order valence-electron chi connectivity index (χ1n) is 9.36. The van der Waals surface area contributed by atoms with Crippen LogP contribution >= 0.6 is 0 Å². The van der Waals surface area contributed by atoms with Gasteiger partial charge in [0.15, 0.2) is 0 Å². The molecule has 0 fully saturated rings. The average Bonchev–Trinajstić information content (AvgIpc) is 2.70. The summed E-state index contributed by atoms with van der Waals surface area (Å²) in [5.41, 5.74) is 3.07. The van der Waals surface area contributed by atoms with Crippen molar-refractivity contribution >= 4 is 34.0 Å². The standard InChI is InChI=1S/C21H27N5O/c1-4-26(5-2)17-12-10-16(11-13-17)23-21-24-19-9-7-6-8-18(19)20(25-21)22-14-15-27-3/h6-13H,4-5,14-15H2,1-3H3,(H2,22,23,24,25). The van der Waals surface area contributed by atoms with Gasteiger partial charge in [-0.3, -0.25) is 0 Å². The summed E-state index contributed by atoms with van der Waals surface area (Å²) in [5, 5.41) is 7.64. The smallest absolute Gasteiger partial charge is 0.229 e. The van der Waals surface area contributed by atoms with Gasteiger partial charge in [-0.25, -0.2) is 4.98 Å². The summed E-state index contributed by atoms with van der Waals surface area (Å²) >= 11 is 0. The number of methoxy groups -OCH3 is 1. The first kappa shape index (κ1) is 18.9. The van der Waals surface area contributed by atoms with Crippen LogP contribution in [0.2, 0.25) is 0 Å².